The topological polar surface area (TPSA) is 49.2 Å². The molecular weight excluding hydrogens is 230 g/mol. The molecular formula is C13H17N3O2. The van der Waals surface area contributed by atoms with Gasteiger partial charge in [-0.1, -0.05) is 0 Å². The van der Waals surface area contributed by atoms with Crippen LogP contribution in [-0.2, 0) is 0 Å². The lowest BCUT2D eigenvalue weighted by Crippen LogP contribution is -2.03. The second-order valence-electron chi connectivity index (χ2n) is 4.22. The Balaban J connectivity index is 2.53. The fourth-order valence-electron chi connectivity index (χ4n) is 1.80. The molecule has 0 aliphatic heterocycles. The van der Waals surface area contributed by atoms with E-state index in [9.17, 15) is 0 Å². The molecule has 0 aliphatic rings. The van der Waals surface area contributed by atoms with E-state index in [1.807, 2.05) is 22.8 Å². The molecule has 0 radical (unpaired) electrons. The van der Waals surface area contributed by atoms with E-state index in [2.05, 4.69) is 24.0 Å². The largest absolute Gasteiger partial charge is 0.497 e. The highest BCUT2D eigenvalue weighted by Gasteiger charge is 2.15. The highest BCUT2D eigenvalue weighted by Crippen LogP contribution is 2.32. The molecule has 18 heavy (non-hydrogen) atoms. The molecule has 0 bridgehead atoms. The van der Waals surface area contributed by atoms with Gasteiger partial charge in [-0.3, -0.25) is 0 Å². The summed E-state index contributed by atoms with van der Waals surface area (Å²) < 4.78 is 12.6. The minimum atomic E-state index is 0.293. The van der Waals surface area contributed by atoms with Crippen LogP contribution in [0.25, 0.3) is 11.4 Å². The van der Waals surface area contributed by atoms with Crippen LogP contribution in [0.2, 0.25) is 0 Å². The summed E-state index contributed by atoms with van der Waals surface area (Å²) in [6.45, 7) is 4.17. The van der Waals surface area contributed by atoms with Crippen LogP contribution in [0.15, 0.2) is 24.5 Å². The molecule has 1 aromatic heterocycles. The van der Waals surface area contributed by atoms with Crippen LogP contribution in [0, 0.1) is 0 Å². The Hall–Kier alpha value is -2.04. The summed E-state index contributed by atoms with van der Waals surface area (Å²) in [6, 6.07) is 5.95. The van der Waals surface area contributed by atoms with Gasteiger partial charge in [0.05, 0.1) is 19.8 Å². The van der Waals surface area contributed by atoms with Crippen LogP contribution in [-0.4, -0.2) is 29.0 Å². The van der Waals surface area contributed by atoms with Gasteiger partial charge in [-0.25, -0.2) is 0 Å². The molecule has 2 rings (SSSR count). The molecule has 0 N–H and O–H groups in total. The minimum Gasteiger partial charge on any atom is -0.497 e. The lowest BCUT2D eigenvalue weighted by molar-refractivity contribution is 0.395. The van der Waals surface area contributed by atoms with Gasteiger partial charge in [-0.05, 0) is 26.0 Å². The third-order valence-electron chi connectivity index (χ3n) is 2.78. The minimum absolute atomic E-state index is 0.293. The molecule has 0 fully saturated rings. The maximum Gasteiger partial charge on any atom is 0.167 e. The first-order valence-corrected chi connectivity index (χ1v) is 5.79. The zero-order chi connectivity index (χ0) is 13.1. The molecule has 0 spiro atoms. The Bertz CT molecular complexity index is 535. The summed E-state index contributed by atoms with van der Waals surface area (Å²) in [7, 11) is 3.26. The van der Waals surface area contributed by atoms with Gasteiger partial charge < -0.3 is 14.0 Å². The maximum absolute atomic E-state index is 5.39. The molecule has 0 unspecified atom stereocenters. The first-order valence-electron chi connectivity index (χ1n) is 5.79. The third kappa shape index (κ3) is 2.16. The molecule has 5 heteroatoms. The lowest BCUT2D eigenvalue weighted by atomic mass is 10.1. The second-order valence-corrected chi connectivity index (χ2v) is 4.22. The van der Waals surface area contributed by atoms with Crippen LogP contribution in [0.1, 0.15) is 19.9 Å². The predicted octanol–water partition coefficient (Wildman–Crippen LogP) is 2.54. The van der Waals surface area contributed by atoms with E-state index in [4.69, 9.17) is 9.47 Å². The molecule has 0 amide bonds. The summed E-state index contributed by atoms with van der Waals surface area (Å²) in [5.74, 6) is 2.28. The van der Waals surface area contributed by atoms with Crippen LogP contribution in [0.3, 0.4) is 0 Å². The number of nitrogens with zero attached hydrogens (tertiary/aromatic N) is 3. The van der Waals surface area contributed by atoms with Crippen molar-refractivity contribution in [1.29, 1.82) is 0 Å². The lowest BCUT2D eigenvalue weighted by Gasteiger charge is -2.13. The van der Waals surface area contributed by atoms with Crippen molar-refractivity contribution in [3.63, 3.8) is 0 Å². The summed E-state index contributed by atoms with van der Waals surface area (Å²) >= 11 is 0. The van der Waals surface area contributed by atoms with Gasteiger partial charge in [0.1, 0.15) is 17.8 Å². The smallest absolute Gasteiger partial charge is 0.167 e. The van der Waals surface area contributed by atoms with E-state index in [1.54, 1.807) is 20.5 Å². The van der Waals surface area contributed by atoms with Gasteiger partial charge in [0.15, 0.2) is 5.82 Å². The Morgan fingerprint density at radius 3 is 2.56 bits per heavy atom. The van der Waals surface area contributed by atoms with Crippen molar-refractivity contribution in [2.45, 2.75) is 19.9 Å². The zero-order valence-corrected chi connectivity index (χ0v) is 11.0. The Labute approximate surface area is 106 Å². The van der Waals surface area contributed by atoms with Gasteiger partial charge in [0.2, 0.25) is 0 Å². The molecule has 0 saturated carbocycles. The van der Waals surface area contributed by atoms with Gasteiger partial charge in [-0.2, -0.15) is 0 Å². The fourth-order valence-corrected chi connectivity index (χ4v) is 1.80. The molecule has 96 valence electrons. The number of methoxy groups -OCH3 is 2. The normalized spacial score (nSPS) is 10.7. The van der Waals surface area contributed by atoms with Crippen molar-refractivity contribution in [3.05, 3.63) is 24.5 Å². The van der Waals surface area contributed by atoms with E-state index < -0.39 is 0 Å². The monoisotopic (exact) mass is 247 g/mol. The number of ether oxygens (including phenoxy) is 2. The van der Waals surface area contributed by atoms with Crippen molar-refractivity contribution in [2.75, 3.05) is 14.2 Å². The average Bonchev–Trinajstić information content (AvgIpc) is 2.87. The number of benzene rings is 1. The molecule has 1 heterocycles. The van der Waals surface area contributed by atoms with Gasteiger partial charge in [-0.15, -0.1) is 10.2 Å². The SMILES string of the molecule is COc1ccc(-c2nncn2C(C)C)c(OC)c1. The van der Waals surface area contributed by atoms with E-state index in [1.165, 1.54) is 0 Å². The molecule has 2 aromatic rings. The number of aromatic nitrogens is 3. The molecule has 1 aromatic carbocycles. The molecule has 0 aliphatic carbocycles. The highest BCUT2D eigenvalue weighted by atomic mass is 16.5. The number of rotatable bonds is 4. The Morgan fingerprint density at radius 1 is 1.17 bits per heavy atom. The van der Waals surface area contributed by atoms with Gasteiger partial charge in [0.25, 0.3) is 0 Å². The summed E-state index contributed by atoms with van der Waals surface area (Å²) in [5, 5.41) is 8.13. The average molecular weight is 247 g/mol. The van der Waals surface area contributed by atoms with Crippen molar-refractivity contribution in [3.8, 4) is 22.9 Å². The van der Waals surface area contributed by atoms with Crippen LogP contribution in [0.4, 0.5) is 0 Å². The first-order chi connectivity index (χ1) is 8.67. The van der Waals surface area contributed by atoms with Crippen molar-refractivity contribution in [2.24, 2.45) is 0 Å². The Kier molecular flexibility index (Phi) is 3.50. The van der Waals surface area contributed by atoms with E-state index in [0.717, 1.165) is 22.9 Å². The number of hydrogen-bond acceptors (Lipinski definition) is 4. The van der Waals surface area contributed by atoms with Crippen molar-refractivity contribution < 1.29 is 9.47 Å². The maximum atomic E-state index is 5.39. The summed E-state index contributed by atoms with van der Waals surface area (Å²) in [4.78, 5) is 0. The highest BCUT2D eigenvalue weighted by molar-refractivity contribution is 5.66. The van der Waals surface area contributed by atoms with E-state index in [0.29, 0.717) is 6.04 Å². The van der Waals surface area contributed by atoms with Gasteiger partial charge in [0, 0.05) is 12.1 Å². The molecule has 5 nitrogen and oxygen atoms in total. The summed E-state index contributed by atoms with van der Waals surface area (Å²) in [5.41, 5.74) is 0.907. The number of hydrogen-bond donors (Lipinski definition) is 0. The zero-order valence-electron chi connectivity index (χ0n) is 11.0. The van der Waals surface area contributed by atoms with Crippen molar-refractivity contribution in [1.82, 2.24) is 14.8 Å². The third-order valence-corrected chi connectivity index (χ3v) is 2.78. The first kappa shape index (κ1) is 12.4. The van der Waals surface area contributed by atoms with Crippen LogP contribution in [0.5, 0.6) is 11.5 Å². The van der Waals surface area contributed by atoms with E-state index >= 15 is 0 Å². The molecule has 0 saturated heterocycles. The fraction of sp³-hybridized carbons (Fsp3) is 0.385. The summed E-state index contributed by atoms with van der Waals surface area (Å²) in [6.07, 6.45) is 1.73. The van der Waals surface area contributed by atoms with Gasteiger partial charge >= 0.3 is 0 Å². The second kappa shape index (κ2) is 5.08. The predicted molar refractivity (Wildman–Crippen MR) is 68.9 cm³/mol. The molecule has 0 atom stereocenters. The van der Waals surface area contributed by atoms with E-state index in [-0.39, 0.29) is 0 Å². The standard InChI is InChI=1S/C13H17N3O2/c1-9(2)16-8-14-15-13(16)11-6-5-10(17-3)7-12(11)18-4/h5-9H,1-4H3. The Morgan fingerprint density at radius 2 is 1.94 bits per heavy atom. The van der Waals surface area contributed by atoms with Crippen LogP contribution >= 0.6 is 0 Å². The van der Waals surface area contributed by atoms with Crippen molar-refractivity contribution >= 4 is 0 Å². The quantitative estimate of drug-likeness (QED) is 0.833. The van der Waals surface area contributed by atoms with Crippen LogP contribution < -0.4 is 9.47 Å².